The van der Waals surface area contributed by atoms with Crippen molar-refractivity contribution in [2.45, 2.75) is 6.92 Å². The molecule has 0 aliphatic heterocycles. The second-order valence-electron chi connectivity index (χ2n) is 2.74. The number of rotatable bonds is 3. The van der Waals surface area contributed by atoms with Crippen LogP contribution >= 0.6 is 0 Å². The van der Waals surface area contributed by atoms with Gasteiger partial charge in [-0.3, -0.25) is 9.59 Å². The number of nitrogens with zero attached hydrogens (tertiary/aromatic N) is 2. The van der Waals surface area contributed by atoms with E-state index >= 15 is 0 Å². The van der Waals surface area contributed by atoms with Crippen LogP contribution in [0.4, 0.5) is 0 Å². The van der Waals surface area contributed by atoms with Crippen molar-refractivity contribution in [3.63, 3.8) is 0 Å². The molecule has 4 nitrogen and oxygen atoms in total. The molecule has 1 rings (SSSR count). The maximum Gasteiger partial charge on any atom is 0.328 e. The SMILES string of the molecule is CC(=O)c1ccc(C(=O)C=[N+]=[N-])cc1. The van der Waals surface area contributed by atoms with E-state index in [9.17, 15) is 9.59 Å². The highest BCUT2D eigenvalue weighted by atomic mass is 16.1. The van der Waals surface area contributed by atoms with Crippen molar-refractivity contribution in [1.29, 1.82) is 0 Å². The van der Waals surface area contributed by atoms with Crippen LogP contribution in [0.5, 0.6) is 0 Å². The number of carbonyl (C=O) groups is 2. The van der Waals surface area contributed by atoms with E-state index in [0.29, 0.717) is 11.1 Å². The molecule has 0 atom stereocenters. The average molecular weight is 188 g/mol. The average Bonchev–Trinajstić information content (AvgIpc) is 2.18. The Morgan fingerprint density at radius 3 is 2.14 bits per heavy atom. The molecule has 0 heterocycles. The van der Waals surface area contributed by atoms with E-state index in [1.54, 1.807) is 12.1 Å². The van der Waals surface area contributed by atoms with Gasteiger partial charge >= 0.3 is 6.21 Å². The van der Waals surface area contributed by atoms with Gasteiger partial charge in [-0.05, 0) is 6.92 Å². The first-order valence-electron chi connectivity index (χ1n) is 3.98. The quantitative estimate of drug-likeness (QED) is 0.311. The number of hydrogen-bond acceptors (Lipinski definition) is 2. The Bertz CT molecular complexity index is 414. The van der Waals surface area contributed by atoms with Gasteiger partial charge in [-0.15, -0.1) is 0 Å². The molecule has 0 unspecified atom stereocenters. The fraction of sp³-hybridized carbons (Fsp3) is 0.100. The normalized spacial score (nSPS) is 8.93. The second kappa shape index (κ2) is 4.25. The molecule has 0 aliphatic carbocycles. The minimum atomic E-state index is -0.400. The molecule has 0 spiro atoms. The third-order valence-electron chi connectivity index (χ3n) is 1.75. The number of Topliss-reactive ketones (excluding diaryl/α,β-unsaturated/α-hetero) is 2. The van der Waals surface area contributed by atoms with Crippen molar-refractivity contribution in [1.82, 2.24) is 0 Å². The first-order chi connectivity index (χ1) is 6.65. The van der Waals surface area contributed by atoms with E-state index in [0.717, 1.165) is 6.21 Å². The van der Waals surface area contributed by atoms with Crippen LogP contribution in [0.2, 0.25) is 0 Å². The Morgan fingerprint density at radius 2 is 1.71 bits per heavy atom. The van der Waals surface area contributed by atoms with Gasteiger partial charge in [0.05, 0.1) is 0 Å². The van der Waals surface area contributed by atoms with Crippen LogP contribution in [0.3, 0.4) is 0 Å². The van der Waals surface area contributed by atoms with Crippen molar-refractivity contribution >= 4 is 17.8 Å². The number of carbonyl (C=O) groups excluding carboxylic acids is 2. The Balaban J connectivity index is 2.99. The fourth-order valence-electron chi connectivity index (χ4n) is 0.996. The lowest BCUT2D eigenvalue weighted by Gasteiger charge is -1.95. The van der Waals surface area contributed by atoms with Crippen LogP contribution in [0.1, 0.15) is 27.6 Å². The largest absolute Gasteiger partial charge is 0.361 e. The van der Waals surface area contributed by atoms with E-state index in [-0.39, 0.29) is 5.78 Å². The highest BCUT2D eigenvalue weighted by Crippen LogP contribution is 2.04. The summed E-state index contributed by atoms with van der Waals surface area (Å²) in [6.45, 7) is 1.45. The molecule has 0 saturated carbocycles. The zero-order chi connectivity index (χ0) is 10.6. The summed E-state index contributed by atoms with van der Waals surface area (Å²) in [6, 6.07) is 6.14. The summed E-state index contributed by atoms with van der Waals surface area (Å²) in [6.07, 6.45) is 0.808. The molecule has 1 aromatic rings. The third kappa shape index (κ3) is 2.21. The minimum Gasteiger partial charge on any atom is -0.361 e. The molecule has 0 N–H and O–H groups in total. The van der Waals surface area contributed by atoms with Crippen LogP contribution in [0.15, 0.2) is 24.3 Å². The first kappa shape index (κ1) is 10.0. The molecule has 1 aromatic carbocycles. The maximum atomic E-state index is 11.1. The molecular weight excluding hydrogens is 180 g/mol. The minimum absolute atomic E-state index is 0.0557. The van der Waals surface area contributed by atoms with E-state index < -0.39 is 5.78 Å². The van der Waals surface area contributed by atoms with Gasteiger partial charge in [-0.1, -0.05) is 24.3 Å². The molecule has 70 valence electrons. The topological polar surface area (TPSA) is 70.5 Å². The van der Waals surface area contributed by atoms with Crippen LogP contribution in [-0.4, -0.2) is 22.6 Å². The molecule has 14 heavy (non-hydrogen) atoms. The third-order valence-corrected chi connectivity index (χ3v) is 1.75. The van der Waals surface area contributed by atoms with Crippen molar-refractivity contribution in [2.24, 2.45) is 0 Å². The van der Waals surface area contributed by atoms with Gasteiger partial charge in [0.25, 0.3) is 5.78 Å². The molecule has 0 amide bonds. The summed E-state index contributed by atoms with van der Waals surface area (Å²) in [4.78, 5) is 24.7. The second-order valence-corrected chi connectivity index (χ2v) is 2.74. The Labute approximate surface area is 80.8 Å². The zero-order valence-corrected chi connectivity index (χ0v) is 7.60. The predicted molar refractivity (Wildman–Crippen MR) is 50.5 cm³/mol. The van der Waals surface area contributed by atoms with Crippen molar-refractivity contribution in [2.75, 3.05) is 0 Å². The summed E-state index contributed by atoms with van der Waals surface area (Å²) >= 11 is 0. The highest BCUT2D eigenvalue weighted by molar-refractivity contribution is 6.33. The first-order valence-corrected chi connectivity index (χ1v) is 3.98. The highest BCUT2D eigenvalue weighted by Gasteiger charge is 2.07. The molecular formula is C10H8N2O2. The number of ketones is 2. The lowest BCUT2D eigenvalue weighted by molar-refractivity contribution is 0.00235. The summed E-state index contributed by atoms with van der Waals surface area (Å²) < 4.78 is 0. The van der Waals surface area contributed by atoms with Gasteiger partial charge in [0.2, 0.25) is 0 Å². The zero-order valence-electron chi connectivity index (χ0n) is 7.60. The number of benzene rings is 1. The molecule has 4 heteroatoms. The van der Waals surface area contributed by atoms with Gasteiger partial charge in [0.15, 0.2) is 5.78 Å². The van der Waals surface area contributed by atoms with Gasteiger partial charge in [-0.25, -0.2) is 0 Å². The summed E-state index contributed by atoms with van der Waals surface area (Å²) in [5.74, 6) is -0.456. The van der Waals surface area contributed by atoms with Crippen LogP contribution in [-0.2, 0) is 0 Å². The maximum absolute atomic E-state index is 11.1. The van der Waals surface area contributed by atoms with Crippen LogP contribution < -0.4 is 0 Å². The van der Waals surface area contributed by atoms with E-state index in [4.69, 9.17) is 5.53 Å². The summed E-state index contributed by atoms with van der Waals surface area (Å²) in [7, 11) is 0. The van der Waals surface area contributed by atoms with E-state index in [2.05, 4.69) is 4.79 Å². The predicted octanol–water partition coefficient (Wildman–Crippen LogP) is 1.37. The molecule has 0 bridgehead atoms. The molecule has 0 aromatic heterocycles. The fourth-order valence-corrected chi connectivity index (χ4v) is 0.996. The molecule has 0 fully saturated rings. The summed E-state index contributed by atoms with van der Waals surface area (Å²) in [5, 5.41) is 0. The van der Waals surface area contributed by atoms with Gasteiger partial charge in [-0.2, -0.15) is 4.79 Å². The molecule has 0 aliphatic rings. The molecule has 0 radical (unpaired) electrons. The summed E-state index contributed by atoms with van der Waals surface area (Å²) in [5.41, 5.74) is 9.06. The lowest BCUT2D eigenvalue weighted by atomic mass is 10.1. The van der Waals surface area contributed by atoms with Crippen molar-refractivity contribution in [3.05, 3.63) is 40.9 Å². The van der Waals surface area contributed by atoms with Crippen LogP contribution in [0.25, 0.3) is 5.53 Å². The lowest BCUT2D eigenvalue weighted by Crippen LogP contribution is -2.01. The number of hydrogen-bond donors (Lipinski definition) is 0. The Morgan fingerprint density at radius 1 is 1.21 bits per heavy atom. The van der Waals surface area contributed by atoms with Gasteiger partial charge in [0, 0.05) is 11.1 Å². The molecule has 0 saturated heterocycles. The standard InChI is InChI=1S/C10H8N2O2/c1-7(13)8-2-4-9(5-3-8)10(14)6-12-11/h2-6H,1H3. The van der Waals surface area contributed by atoms with E-state index in [1.807, 2.05) is 0 Å². The smallest absolute Gasteiger partial charge is 0.328 e. The van der Waals surface area contributed by atoms with Crippen molar-refractivity contribution < 1.29 is 14.4 Å². The van der Waals surface area contributed by atoms with Crippen molar-refractivity contribution in [3.8, 4) is 0 Å². The Hall–Kier alpha value is -2.06. The van der Waals surface area contributed by atoms with Gasteiger partial charge in [0.1, 0.15) is 0 Å². The monoisotopic (exact) mass is 188 g/mol. The van der Waals surface area contributed by atoms with Gasteiger partial charge < -0.3 is 5.53 Å². The Kier molecular flexibility index (Phi) is 3.05. The van der Waals surface area contributed by atoms with E-state index in [1.165, 1.54) is 19.1 Å². The van der Waals surface area contributed by atoms with Crippen LogP contribution in [0, 0.1) is 0 Å².